The van der Waals surface area contributed by atoms with Crippen LogP contribution in [0.5, 0.6) is 5.75 Å². The highest BCUT2D eigenvalue weighted by Crippen LogP contribution is 2.27. The van der Waals surface area contributed by atoms with Crippen molar-refractivity contribution >= 4 is 50.7 Å². The van der Waals surface area contributed by atoms with Gasteiger partial charge in [0.15, 0.2) is 0 Å². The minimum Gasteiger partial charge on any atom is -0.494 e. The van der Waals surface area contributed by atoms with Crippen LogP contribution in [0.1, 0.15) is 46.6 Å². The third-order valence-corrected chi connectivity index (χ3v) is 8.66. The average molecular weight is 635 g/mol. The molecule has 3 aromatic rings. The van der Waals surface area contributed by atoms with Crippen molar-refractivity contribution in [2.75, 3.05) is 17.5 Å². The second-order valence-electron chi connectivity index (χ2n) is 10.7. The van der Waals surface area contributed by atoms with E-state index in [4.69, 9.17) is 27.9 Å². The molecule has 0 saturated carbocycles. The molecule has 0 bridgehead atoms. The number of para-hydroxylation sites is 1. The highest BCUT2D eigenvalue weighted by Gasteiger charge is 2.35. The maximum atomic E-state index is 14.1. The number of nitrogens with one attached hydrogen (secondary N) is 1. The fraction of sp³-hybridized carbons (Fsp3) is 0.355. The van der Waals surface area contributed by atoms with E-state index in [1.807, 2.05) is 27.7 Å². The number of carbonyl (C=O) groups excluding carboxylic acids is 2. The third kappa shape index (κ3) is 8.63. The van der Waals surface area contributed by atoms with Gasteiger partial charge in [-0.3, -0.25) is 13.9 Å². The van der Waals surface area contributed by atoms with Crippen LogP contribution in [0.15, 0.2) is 77.7 Å². The number of anilines is 1. The molecule has 1 N–H and O–H groups in total. The Morgan fingerprint density at radius 1 is 0.952 bits per heavy atom. The van der Waals surface area contributed by atoms with Crippen molar-refractivity contribution < 1.29 is 22.7 Å². The highest BCUT2D eigenvalue weighted by molar-refractivity contribution is 7.92. The summed E-state index contributed by atoms with van der Waals surface area (Å²) in [5, 5.41) is 3.69. The summed E-state index contributed by atoms with van der Waals surface area (Å²) in [6.07, 6.45) is 0.288. The van der Waals surface area contributed by atoms with Crippen LogP contribution in [0.2, 0.25) is 10.0 Å². The molecule has 0 heterocycles. The Morgan fingerprint density at radius 3 is 2.14 bits per heavy atom. The van der Waals surface area contributed by atoms with Crippen molar-refractivity contribution in [3.05, 3.63) is 88.4 Å². The number of hydrogen-bond acceptors (Lipinski definition) is 5. The molecule has 0 saturated heterocycles. The molecule has 1 atom stereocenters. The van der Waals surface area contributed by atoms with Gasteiger partial charge in [-0.15, -0.1) is 0 Å². The zero-order valence-electron chi connectivity index (χ0n) is 24.4. The monoisotopic (exact) mass is 633 g/mol. The van der Waals surface area contributed by atoms with E-state index in [9.17, 15) is 18.0 Å². The summed E-state index contributed by atoms with van der Waals surface area (Å²) in [5.41, 5.74) is 0.318. The lowest BCUT2D eigenvalue weighted by Crippen LogP contribution is -2.55. The van der Waals surface area contributed by atoms with Crippen molar-refractivity contribution in [1.29, 1.82) is 0 Å². The van der Waals surface area contributed by atoms with Crippen molar-refractivity contribution in [2.45, 2.75) is 64.1 Å². The molecule has 226 valence electrons. The van der Waals surface area contributed by atoms with Crippen LogP contribution in [-0.2, 0) is 26.2 Å². The number of carbonyl (C=O) groups is 2. The SMILES string of the molecule is CCOc1ccc(S(=O)(=O)N(CC(=O)N(Cc2ccc(Cl)cc2Cl)[C@H](CC)C(=O)NC(C)(C)C)c2ccccc2)cc1. The molecule has 2 amide bonds. The number of nitrogens with zero attached hydrogens (tertiary/aromatic N) is 2. The molecular formula is C31H37Cl2N3O5S. The summed E-state index contributed by atoms with van der Waals surface area (Å²) in [4.78, 5) is 28.9. The van der Waals surface area contributed by atoms with Gasteiger partial charge in [0.25, 0.3) is 10.0 Å². The van der Waals surface area contributed by atoms with E-state index in [0.717, 1.165) is 4.31 Å². The topological polar surface area (TPSA) is 96.0 Å². The molecule has 8 nitrogen and oxygen atoms in total. The van der Waals surface area contributed by atoms with Crippen molar-refractivity contribution in [3.63, 3.8) is 0 Å². The smallest absolute Gasteiger partial charge is 0.264 e. The first-order valence-electron chi connectivity index (χ1n) is 13.6. The lowest BCUT2D eigenvalue weighted by molar-refractivity contribution is -0.141. The van der Waals surface area contributed by atoms with Gasteiger partial charge in [0.05, 0.1) is 17.2 Å². The maximum absolute atomic E-state index is 14.1. The zero-order chi connectivity index (χ0) is 31.1. The molecule has 0 spiro atoms. The van der Waals surface area contributed by atoms with E-state index in [1.54, 1.807) is 67.6 Å². The van der Waals surface area contributed by atoms with Gasteiger partial charge in [-0.05, 0) is 88.2 Å². The quantitative estimate of drug-likeness (QED) is 0.252. The summed E-state index contributed by atoms with van der Waals surface area (Å²) in [5.74, 6) is -0.403. The Morgan fingerprint density at radius 2 is 1.60 bits per heavy atom. The molecule has 11 heteroatoms. The van der Waals surface area contributed by atoms with E-state index in [2.05, 4.69) is 5.32 Å². The molecule has 3 rings (SSSR count). The standard InChI is InChI=1S/C31H37Cl2N3O5S/c1-6-28(30(38)34-31(3,4)5)35(20-22-13-14-23(32)19-27(22)33)29(37)21-36(24-11-9-8-10-12-24)42(39,40)26-17-15-25(16-18-26)41-7-2/h8-19,28H,6-7,20-21H2,1-5H3,(H,34,38)/t28-/m1/s1. The summed E-state index contributed by atoms with van der Waals surface area (Å²) in [7, 11) is -4.20. The highest BCUT2D eigenvalue weighted by atomic mass is 35.5. The maximum Gasteiger partial charge on any atom is 0.264 e. The van der Waals surface area contributed by atoms with Gasteiger partial charge in [0, 0.05) is 22.1 Å². The minimum atomic E-state index is -4.20. The van der Waals surface area contributed by atoms with Gasteiger partial charge in [0.2, 0.25) is 11.8 Å². The second kappa shape index (κ2) is 14.3. The van der Waals surface area contributed by atoms with E-state index < -0.39 is 34.1 Å². The van der Waals surface area contributed by atoms with Crippen LogP contribution < -0.4 is 14.4 Å². The lowest BCUT2D eigenvalue weighted by atomic mass is 10.1. The van der Waals surface area contributed by atoms with Crippen LogP contribution in [0.4, 0.5) is 5.69 Å². The van der Waals surface area contributed by atoms with Crippen LogP contribution >= 0.6 is 23.2 Å². The summed E-state index contributed by atoms with van der Waals surface area (Å²) in [6.45, 7) is 9.03. The first-order valence-corrected chi connectivity index (χ1v) is 15.8. The van der Waals surface area contributed by atoms with Gasteiger partial charge in [-0.25, -0.2) is 8.42 Å². The van der Waals surface area contributed by atoms with E-state index in [1.165, 1.54) is 17.0 Å². The molecule has 0 aromatic heterocycles. The van der Waals surface area contributed by atoms with Crippen LogP contribution in [0, 0.1) is 0 Å². The molecular weight excluding hydrogens is 597 g/mol. The fourth-order valence-corrected chi connectivity index (χ4v) is 6.21. The third-order valence-electron chi connectivity index (χ3n) is 6.29. The summed E-state index contributed by atoms with van der Waals surface area (Å²) < 4.78 is 34.4. The van der Waals surface area contributed by atoms with Crippen molar-refractivity contribution in [3.8, 4) is 5.75 Å². The number of hydrogen-bond donors (Lipinski definition) is 1. The predicted octanol–water partition coefficient (Wildman–Crippen LogP) is 6.31. The number of amides is 2. The van der Waals surface area contributed by atoms with E-state index >= 15 is 0 Å². The molecule has 0 aliphatic heterocycles. The zero-order valence-corrected chi connectivity index (χ0v) is 26.8. The first kappa shape index (κ1) is 33.2. The Bertz CT molecular complexity index is 1480. The van der Waals surface area contributed by atoms with Gasteiger partial charge in [-0.2, -0.15) is 0 Å². The van der Waals surface area contributed by atoms with Crippen LogP contribution in [0.25, 0.3) is 0 Å². The average Bonchev–Trinajstić information content (AvgIpc) is 2.92. The number of ether oxygens (including phenoxy) is 1. The van der Waals surface area contributed by atoms with E-state index in [0.29, 0.717) is 33.7 Å². The predicted molar refractivity (Wildman–Crippen MR) is 168 cm³/mol. The Kier molecular flexibility index (Phi) is 11.3. The summed E-state index contributed by atoms with van der Waals surface area (Å²) in [6, 6.07) is 18.4. The Hall–Kier alpha value is -3.27. The molecule has 0 fully saturated rings. The molecule has 0 unspecified atom stereocenters. The normalized spacial score (nSPS) is 12.4. The second-order valence-corrected chi connectivity index (χ2v) is 13.4. The van der Waals surface area contributed by atoms with Crippen molar-refractivity contribution in [1.82, 2.24) is 10.2 Å². The van der Waals surface area contributed by atoms with Crippen LogP contribution in [-0.4, -0.2) is 49.9 Å². The summed E-state index contributed by atoms with van der Waals surface area (Å²) >= 11 is 12.6. The van der Waals surface area contributed by atoms with Crippen molar-refractivity contribution in [2.24, 2.45) is 0 Å². The fourth-order valence-electron chi connectivity index (χ4n) is 4.33. The van der Waals surface area contributed by atoms with Gasteiger partial charge in [-0.1, -0.05) is 54.4 Å². The largest absolute Gasteiger partial charge is 0.494 e. The number of halogens is 2. The number of rotatable bonds is 12. The first-order chi connectivity index (χ1) is 19.8. The molecule has 0 aliphatic rings. The van der Waals surface area contributed by atoms with Gasteiger partial charge in [0.1, 0.15) is 18.3 Å². The number of benzene rings is 3. The van der Waals surface area contributed by atoms with Gasteiger partial charge < -0.3 is 15.0 Å². The molecule has 42 heavy (non-hydrogen) atoms. The van der Waals surface area contributed by atoms with Gasteiger partial charge >= 0.3 is 0 Å². The Balaban J connectivity index is 2.06. The minimum absolute atomic E-state index is 0.00702. The Labute approximate surface area is 258 Å². The molecule has 3 aromatic carbocycles. The molecule has 0 radical (unpaired) electrons. The lowest BCUT2D eigenvalue weighted by Gasteiger charge is -2.35. The van der Waals surface area contributed by atoms with E-state index in [-0.39, 0.29) is 23.8 Å². The number of sulfonamides is 1. The van der Waals surface area contributed by atoms with Crippen LogP contribution in [0.3, 0.4) is 0 Å². The molecule has 0 aliphatic carbocycles.